The van der Waals surface area contributed by atoms with Gasteiger partial charge < -0.3 is 9.64 Å². The smallest absolute Gasteiger partial charge is 0.409 e. The van der Waals surface area contributed by atoms with E-state index in [2.05, 4.69) is 4.90 Å². The van der Waals surface area contributed by atoms with Crippen molar-refractivity contribution in [3.63, 3.8) is 0 Å². The lowest BCUT2D eigenvalue weighted by molar-refractivity contribution is 0.0778. The third-order valence-corrected chi connectivity index (χ3v) is 3.46. The molecule has 0 aliphatic carbocycles. The summed E-state index contributed by atoms with van der Waals surface area (Å²) in [5.41, 5.74) is 0.968. The Morgan fingerprint density at radius 2 is 2.10 bits per heavy atom. The van der Waals surface area contributed by atoms with Gasteiger partial charge in [0.2, 0.25) is 0 Å². The van der Waals surface area contributed by atoms with Crippen molar-refractivity contribution in [2.75, 3.05) is 32.8 Å². The number of carbonyl (C=O) groups is 1. The van der Waals surface area contributed by atoms with Crippen LogP contribution in [0.15, 0.2) is 18.2 Å². The van der Waals surface area contributed by atoms with Crippen LogP contribution < -0.4 is 0 Å². The topological polar surface area (TPSA) is 56.6 Å². The van der Waals surface area contributed by atoms with Crippen molar-refractivity contribution in [2.45, 2.75) is 13.5 Å². The van der Waals surface area contributed by atoms with Crippen LogP contribution >= 0.6 is 0 Å². The number of halogens is 1. The molecule has 0 radical (unpaired) electrons. The Bertz CT molecular complexity index is 548. The molecule has 0 spiro atoms. The van der Waals surface area contributed by atoms with Crippen LogP contribution in [0.3, 0.4) is 0 Å². The van der Waals surface area contributed by atoms with E-state index in [1.807, 2.05) is 6.07 Å². The molecule has 0 aromatic heterocycles. The van der Waals surface area contributed by atoms with Crippen molar-refractivity contribution in [1.29, 1.82) is 5.26 Å². The number of nitriles is 1. The average molecular weight is 291 g/mol. The summed E-state index contributed by atoms with van der Waals surface area (Å²) in [6.07, 6.45) is -0.273. The van der Waals surface area contributed by atoms with E-state index >= 15 is 0 Å². The van der Waals surface area contributed by atoms with E-state index < -0.39 is 5.82 Å². The fourth-order valence-corrected chi connectivity index (χ4v) is 2.32. The van der Waals surface area contributed by atoms with Gasteiger partial charge >= 0.3 is 6.09 Å². The maximum Gasteiger partial charge on any atom is 0.409 e. The van der Waals surface area contributed by atoms with Crippen LogP contribution in [0, 0.1) is 17.1 Å². The zero-order valence-electron chi connectivity index (χ0n) is 12.0. The molecule has 0 N–H and O–H groups in total. The second kappa shape index (κ2) is 7.04. The van der Waals surface area contributed by atoms with E-state index in [1.54, 1.807) is 24.0 Å². The van der Waals surface area contributed by atoms with Crippen LogP contribution in [0.5, 0.6) is 0 Å². The van der Waals surface area contributed by atoms with Crippen molar-refractivity contribution < 1.29 is 13.9 Å². The number of carbonyl (C=O) groups excluding carboxylic acids is 1. The standard InChI is InChI=1S/C15H18FN3O2/c1-2-21-15(20)19-7-5-18(6-8-19)11-12-3-4-14(16)13(9-12)10-17/h3-4,9H,2,5-8,11H2,1H3. The molecule has 5 nitrogen and oxygen atoms in total. The Hall–Kier alpha value is -2.13. The lowest BCUT2D eigenvalue weighted by Crippen LogP contribution is -2.48. The van der Waals surface area contributed by atoms with E-state index in [0.29, 0.717) is 26.2 Å². The Labute approximate surface area is 123 Å². The van der Waals surface area contributed by atoms with Crippen molar-refractivity contribution >= 4 is 6.09 Å². The molecule has 1 saturated heterocycles. The van der Waals surface area contributed by atoms with E-state index in [-0.39, 0.29) is 11.7 Å². The molecule has 21 heavy (non-hydrogen) atoms. The predicted octanol–water partition coefficient (Wildman–Crippen LogP) is 1.97. The summed E-state index contributed by atoms with van der Waals surface area (Å²) in [4.78, 5) is 15.4. The highest BCUT2D eigenvalue weighted by molar-refractivity contribution is 5.67. The number of nitrogens with zero attached hydrogens (tertiary/aromatic N) is 3. The number of amides is 1. The molecule has 1 heterocycles. The first-order valence-corrected chi connectivity index (χ1v) is 6.96. The third kappa shape index (κ3) is 3.92. The molecule has 1 aromatic rings. The normalized spacial score (nSPS) is 15.6. The van der Waals surface area contributed by atoms with Crippen molar-refractivity contribution in [3.05, 3.63) is 35.1 Å². The molecule has 1 aliphatic rings. The molecule has 0 bridgehead atoms. The largest absolute Gasteiger partial charge is 0.450 e. The number of ether oxygens (including phenoxy) is 1. The summed E-state index contributed by atoms with van der Waals surface area (Å²) in [5, 5.41) is 8.83. The van der Waals surface area contributed by atoms with Gasteiger partial charge in [-0.15, -0.1) is 0 Å². The van der Waals surface area contributed by atoms with Crippen LogP contribution in [0.4, 0.5) is 9.18 Å². The first-order valence-electron chi connectivity index (χ1n) is 6.96. The van der Waals surface area contributed by atoms with Crippen LogP contribution in [-0.2, 0) is 11.3 Å². The molecular weight excluding hydrogens is 273 g/mol. The number of hydrogen-bond acceptors (Lipinski definition) is 4. The summed E-state index contributed by atoms with van der Waals surface area (Å²) >= 11 is 0. The molecule has 1 aliphatic heterocycles. The minimum absolute atomic E-state index is 0.0673. The highest BCUT2D eigenvalue weighted by Crippen LogP contribution is 2.13. The highest BCUT2D eigenvalue weighted by atomic mass is 19.1. The van der Waals surface area contributed by atoms with Gasteiger partial charge in [0.15, 0.2) is 0 Å². The lowest BCUT2D eigenvalue weighted by Gasteiger charge is -2.34. The van der Waals surface area contributed by atoms with Gasteiger partial charge in [0.05, 0.1) is 12.2 Å². The second-order valence-electron chi connectivity index (χ2n) is 4.89. The summed E-state index contributed by atoms with van der Waals surface area (Å²) < 4.78 is 18.2. The third-order valence-electron chi connectivity index (χ3n) is 3.46. The van der Waals surface area contributed by atoms with Crippen LogP contribution in [-0.4, -0.2) is 48.7 Å². The molecule has 1 fully saturated rings. The number of rotatable bonds is 3. The molecule has 0 unspecified atom stereocenters. The number of hydrogen-bond donors (Lipinski definition) is 0. The Morgan fingerprint density at radius 1 is 1.38 bits per heavy atom. The van der Waals surface area contributed by atoms with Gasteiger partial charge in [-0.2, -0.15) is 5.26 Å². The fourth-order valence-electron chi connectivity index (χ4n) is 2.32. The van der Waals surface area contributed by atoms with Gasteiger partial charge in [0, 0.05) is 32.7 Å². The highest BCUT2D eigenvalue weighted by Gasteiger charge is 2.21. The number of piperazine rings is 1. The zero-order valence-corrected chi connectivity index (χ0v) is 12.0. The Morgan fingerprint density at radius 3 is 2.71 bits per heavy atom. The molecule has 1 amide bonds. The minimum Gasteiger partial charge on any atom is -0.450 e. The minimum atomic E-state index is -0.492. The van der Waals surface area contributed by atoms with Crippen LogP contribution in [0.2, 0.25) is 0 Å². The average Bonchev–Trinajstić information content (AvgIpc) is 2.50. The fraction of sp³-hybridized carbons (Fsp3) is 0.467. The van der Waals surface area contributed by atoms with Crippen LogP contribution in [0.1, 0.15) is 18.1 Å². The summed E-state index contributed by atoms with van der Waals surface area (Å²) in [6.45, 7) is 5.51. The molecule has 6 heteroatoms. The van der Waals surface area contributed by atoms with Gasteiger partial charge in [0.25, 0.3) is 0 Å². The summed E-state index contributed by atoms with van der Waals surface area (Å²) in [6, 6.07) is 6.43. The molecule has 1 aromatic carbocycles. The molecule has 0 saturated carbocycles. The van der Waals surface area contributed by atoms with Crippen molar-refractivity contribution in [1.82, 2.24) is 9.80 Å². The zero-order chi connectivity index (χ0) is 15.2. The van der Waals surface area contributed by atoms with Crippen LogP contribution in [0.25, 0.3) is 0 Å². The quantitative estimate of drug-likeness (QED) is 0.854. The SMILES string of the molecule is CCOC(=O)N1CCN(Cc2ccc(F)c(C#N)c2)CC1. The summed E-state index contributed by atoms with van der Waals surface area (Å²) in [7, 11) is 0. The lowest BCUT2D eigenvalue weighted by atomic mass is 10.1. The maximum atomic E-state index is 13.3. The predicted molar refractivity (Wildman–Crippen MR) is 75.0 cm³/mol. The molecular formula is C15H18FN3O2. The summed E-state index contributed by atoms with van der Waals surface area (Å²) in [5.74, 6) is -0.492. The van der Waals surface area contributed by atoms with E-state index in [1.165, 1.54) is 6.07 Å². The van der Waals surface area contributed by atoms with Gasteiger partial charge in [0.1, 0.15) is 11.9 Å². The monoisotopic (exact) mass is 291 g/mol. The van der Waals surface area contributed by atoms with E-state index in [9.17, 15) is 9.18 Å². The number of benzene rings is 1. The molecule has 2 rings (SSSR count). The first-order chi connectivity index (χ1) is 10.1. The Kier molecular flexibility index (Phi) is 5.12. The van der Waals surface area contributed by atoms with Crippen molar-refractivity contribution in [2.24, 2.45) is 0 Å². The van der Waals surface area contributed by atoms with Crippen molar-refractivity contribution in [3.8, 4) is 6.07 Å². The molecule has 0 atom stereocenters. The van der Waals surface area contributed by atoms with Gasteiger partial charge in [-0.1, -0.05) is 6.07 Å². The molecule has 112 valence electrons. The van der Waals surface area contributed by atoms with Gasteiger partial charge in [-0.05, 0) is 24.6 Å². The Balaban J connectivity index is 1.89. The van der Waals surface area contributed by atoms with E-state index in [0.717, 1.165) is 18.7 Å². The van der Waals surface area contributed by atoms with Gasteiger partial charge in [-0.25, -0.2) is 9.18 Å². The van der Waals surface area contributed by atoms with E-state index in [4.69, 9.17) is 10.00 Å². The first kappa shape index (κ1) is 15.3. The van der Waals surface area contributed by atoms with Gasteiger partial charge in [-0.3, -0.25) is 4.90 Å². The maximum absolute atomic E-state index is 13.3. The second-order valence-corrected chi connectivity index (χ2v) is 4.89.